The molecule has 1 aromatic rings. The van der Waals surface area contributed by atoms with Gasteiger partial charge in [0, 0.05) is 0 Å². The fraction of sp³-hybridized carbons (Fsp3) is 0.467. The summed E-state index contributed by atoms with van der Waals surface area (Å²) in [4.78, 5) is 0. The Kier molecular flexibility index (Phi) is 4.61. The van der Waals surface area contributed by atoms with Crippen molar-refractivity contribution in [1.29, 1.82) is 0 Å². The predicted molar refractivity (Wildman–Crippen MR) is 69.1 cm³/mol. The summed E-state index contributed by atoms with van der Waals surface area (Å²) in [6.45, 7) is 8.72. The van der Waals surface area contributed by atoms with E-state index in [4.69, 9.17) is 0 Å². The van der Waals surface area contributed by atoms with Crippen LogP contribution in [-0.2, 0) is 6.42 Å². The van der Waals surface area contributed by atoms with Crippen LogP contribution >= 0.6 is 0 Å². The second kappa shape index (κ2) is 5.75. The van der Waals surface area contributed by atoms with E-state index in [2.05, 4.69) is 52.0 Å². The number of hydrogen-bond donors (Lipinski definition) is 0. The number of unbranched alkanes of at least 4 members (excludes halogenated alkanes) is 1. The van der Waals surface area contributed by atoms with Gasteiger partial charge < -0.3 is 0 Å². The molecule has 0 heteroatoms. The minimum Gasteiger partial charge on any atom is -0.0841 e. The summed E-state index contributed by atoms with van der Waals surface area (Å²) in [5, 5.41) is 0. The van der Waals surface area contributed by atoms with Gasteiger partial charge in [-0.2, -0.15) is 0 Å². The molecular formula is C15H22. The molecule has 0 amide bonds. The Balaban J connectivity index is 2.95. The van der Waals surface area contributed by atoms with E-state index >= 15 is 0 Å². The van der Waals surface area contributed by atoms with Crippen molar-refractivity contribution in [2.45, 2.75) is 47.0 Å². The minimum atomic E-state index is 1.21. The molecule has 1 aromatic carbocycles. The molecule has 0 bridgehead atoms. The molecule has 0 unspecified atom stereocenters. The first-order valence-corrected chi connectivity index (χ1v) is 5.91. The van der Waals surface area contributed by atoms with Gasteiger partial charge in [-0.15, -0.1) is 0 Å². The third kappa shape index (κ3) is 3.23. The quantitative estimate of drug-likeness (QED) is 0.660. The Labute approximate surface area is 94.0 Å². The average molecular weight is 202 g/mol. The highest BCUT2D eigenvalue weighted by Gasteiger charge is 2.01. The maximum Gasteiger partial charge on any atom is -0.0199 e. The van der Waals surface area contributed by atoms with Crippen molar-refractivity contribution >= 4 is 5.57 Å². The van der Waals surface area contributed by atoms with Gasteiger partial charge in [0.05, 0.1) is 0 Å². The van der Waals surface area contributed by atoms with Crippen molar-refractivity contribution < 1.29 is 0 Å². The van der Waals surface area contributed by atoms with Crippen LogP contribution in [0.15, 0.2) is 24.3 Å². The van der Waals surface area contributed by atoms with Crippen LogP contribution in [-0.4, -0.2) is 0 Å². The molecule has 0 atom stereocenters. The van der Waals surface area contributed by atoms with E-state index in [1.54, 1.807) is 0 Å². The van der Waals surface area contributed by atoms with Gasteiger partial charge in [0.2, 0.25) is 0 Å². The number of hydrogen-bond acceptors (Lipinski definition) is 0. The van der Waals surface area contributed by atoms with Crippen LogP contribution in [0.4, 0.5) is 0 Å². The highest BCUT2D eigenvalue weighted by molar-refractivity contribution is 5.66. The van der Waals surface area contributed by atoms with Crippen LogP contribution in [0.2, 0.25) is 0 Å². The lowest BCUT2D eigenvalue weighted by Gasteiger charge is -2.09. The van der Waals surface area contributed by atoms with Crippen molar-refractivity contribution in [2.24, 2.45) is 0 Å². The number of rotatable bonds is 4. The SMILES string of the molecule is C/C=C(/C)c1cc(CCCC)ccc1C. The molecule has 1 rings (SSSR count). The molecule has 0 radical (unpaired) electrons. The zero-order valence-electron chi connectivity index (χ0n) is 10.4. The molecule has 0 saturated carbocycles. The molecule has 0 aliphatic rings. The normalized spacial score (nSPS) is 11.9. The summed E-state index contributed by atoms with van der Waals surface area (Å²) in [6.07, 6.45) is 5.95. The summed E-state index contributed by atoms with van der Waals surface area (Å²) in [5.41, 5.74) is 5.64. The molecule has 0 saturated heterocycles. The highest BCUT2D eigenvalue weighted by atomic mass is 14.1. The first-order valence-electron chi connectivity index (χ1n) is 5.91. The summed E-state index contributed by atoms with van der Waals surface area (Å²) in [5.74, 6) is 0. The largest absolute Gasteiger partial charge is 0.0841 e. The van der Waals surface area contributed by atoms with Gasteiger partial charge in [0.25, 0.3) is 0 Å². The zero-order valence-corrected chi connectivity index (χ0v) is 10.4. The molecule has 82 valence electrons. The number of allylic oxidation sites excluding steroid dienone is 2. The van der Waals surface area contributed by atoms with Crippen molar-refractivity contribution in [3.05, 3.63) is 41.0 Å². The standard InChI is InChI=1S/C15H22/c1-5-7-8-14-10-9-13(4)15(11-14)12(3)6-2/h6,9-11H,5,7-8H2,1-4H3/b12-6-. The van der Waals surface area contributed by atoms with E-state index in [-0.39, 0.29) is 0 Å². The van der Waals surface area contributed by atoms with Gasteiger partial charge in [-0.25, -0.2) is 0 Å². The van der Waals surface area contributed by atoms with Crippen molar-refractivity contribution in [3.8, 4) is 0 Å². The van der Waals surface area contributed by atoms with Gasteiger partial charge in [-0.05, 0) is 55.9 Å². The van der Waals surface area contributed by atoms with Crippen LogP contribution in [0.5, 0.6) is 0 Å². The smallest absolute Gasteiger partial charge is 0.0199 e. The van der Waals surface area contributed by atoms with Crippen molar-refractivity contribution in [2.75, 3.05) is 0 Å². The predicted octanol–water partition coefficient (Wildman–Crippen LogP) is 4.76. The average Bonchev–Trinajstić information content (AvgIpc) is 2.27. The van der Waals surface area contributed by atoms with E-state index in [1.165, 1.54) is 41.5 Å². The van der Waals surface area contributed by atoms with Crippen molar-refractivity contribution in [1.82, 2.24) is 0 Å². The summed E-state index contributed by atoms with van der Waals surface area (Å²) < 4.78 is 0. The lowest BCUT2D eigenvalue weighted by Crippen LogP contribution is -1.91. The topological polar surface area (TPSA) is 0 Å². The molecular weight excluding hydrogens is 180 g/mol. The lowest BCUT2D eigenvalue weighted by atomic mass is 9.97. The van der Waals surface area contributed by atoms with E-state index in [0.717, 1.165) is 0 Å². The van der Waals surface area contributed by atoms with E-state index in [0.29, 0.717) is 0 Å². The maximum absolute atomic E-state index is 2.35. The summed E-state index contributed by atoms with van der Waals surface area (Å²) in [6, 6.07) is 6.85. The van der Waals surface area contributed by atoms with Gasteiger partial charge in [0.1, 0.15) is 0 Å². The van der Waals surface area contributed by atoms with E-state index in [9.17, 15) is 0 Å². The molecule has 15 heavy (non-hydrogen) atoms. The second-order valence-electron chi connectivity index (χ2n) is 4.22. The first-order chi connectivity index (χ1) is 7.19. The Morgan fingerprint density at radius 3 is 2.67 bits per heavy atom. The monoisotopic (exact) mass is 202 g/mol. The van der Waals surface area contributed by atoms with Crippen LogP contribution in [0.1, 0.15) is 50.3 Å². The molecule has 0 fully saturated rings. The van der Waals surface area contributed by atoms with Gasteiger partial charge in [-0.1, -0.05) is 37.6 Å². The number of benzene rings is 1. The van der Waals surface area contributed by atoms with E-state index in [1.807, 2.05) is 0 Å². The zero-order chi connectivity index (χ0) is 11.3. The van der Waals surface area contributed by atoms with Gasteiger partial charge >= 0.3 is 0 Å². The Morgan fingerprint density at radius 2 is 2.07 bits per heavy atom. The lowest BCUT2D eigenvalue weighted by molar-refractivity contribution is 0.794. The minimum absolute atomic E-state index is 1.21. The molecule has 0 spiro atoms. The third-order valence-electron chi connectivity index (χ3n) is 2.98. The Morgan fingerprint density at radius 1 is 1.33 bits per heavy atom. The van der Waals surface area contributed by atoms with Gasteiger partial charge in [0.15, 0.2) is 0 Å². The molecule has 0 nitrogen and oxygen atoms in total. The van der Waals surface area contributed by atoms with E-state index < -0.39 is 0 Å². The molecule has 0 aliphatic carbocycles. The van der Waals surface area contributed by atoms with Crippen LogP contribution in [0.25, 0.3) is 5.57 Å². The Hall–Kier alpha value is -1.04. The molecule has 0 aliphatic heterocycles. The maximum atomic E-state index is 2.35. The third-order valence-corrected chi connectivity index (χ3v) is 2.98. The first kappa shape index (κ1) is 12.0. The molecule has 0 aromatic heterocycles. The highest BCUT2D eigenvalue weighted by Crippen LogP contribution is 2.20. The van der Waals surface area contributed by atoms with Crippen molar-refractivity contribution in [3.63, 3.8) is 0 Å². The summed E-state index contributed by atoms with van der Waals surface area (Å²) in [7, 11) is 0. The number of aryl methyl sites for hydroxylation is 2. The fourth-order valence-electron chi connectivity index (χ4n) is 1.79. The van der Waals surface area contributed by atoms with Crippen LogP contribution < -0.4 is 0 Å². The molecule has 0 heterocycles. The van der Waals surface area contributed by atoms with Crippen LogP contribution in [0, 0.1) is 6.92 Å². The van der Waals surface area contributed by atoms with Gasteiger partial charge in [-0.3, -0.25) is 0 Å². The van der Waals surface area contributed by atoms with Crippen LogP contribution in [0.3, 0.4) is 0 Å². The summed E-state index contributed by atoms with van der Waals surface area (Å²) >= 11 is 0. The fourth-order valence-corrected chi connectivity index (χ4v) is 1.79. The Bertz CT molecular complexity index is 345. The molecule has 0 N–H and O–H groups in total. The second-order valence-corrected chi connectivity index (χ2v) is 4.22.